The molecule has 0 aromatic heterocycles. The molecule has 1 N–H and O–H groups in total. The summed E-state index contributed by atoms with van der Waals surface area (Å²) in [5.74, 6) is 0.387. The Hall–Kier alpha value is -0.0800. The molecule has 0 bridgehead atoms. The van der Waals surface area contributed by atoms with Gasteiger partial charge in [0.1, 0.15) is 0 Å². The molecule has 0 spiro atoms. The van der Waals surface area contributed by atoms with E-state index in [1.807, 2.05) is 0 Å². The fourth-order valence-electron chi connectivity index (χ4n) is 4.27. The van der Waals surface area contributed by atoms with Crippen molar-refractivity contribution in [2.75, 3.05) is 0 Å². The van der Waals surface area contributed by atoms with Crippen LogP contribution in [0.1, 0.15) is 140 Å². The minimum atomic E-state index is -0.408. The Morgan fingerprint density at radius 3 is 1.07 bits per heavy atom. The second-order valence-electron chi connectivity index (χ2n) is 8.74. The fourth-order valence-corrected chi connectivity index (χ4v) is 4.27. The van der Waals surface area contributed by atoms with Crippen LogP contribution in [0.4, 0.5) is 0 Å². The molecule has 0 aromatic rings. The predicted octanol–water partition coefficient (Wildman–Crippen LogP) is 8.30. The minimum Gasteiger partial charge on any atom is -0.390 e. The van der Waals surface area contributed by atoms with Crippen LogP contribution in [0.5, 0.6) is 0 Å². The van der Waals surface area contributed by atoms with Crippen molar-refractivity contribution in [3.8, 4) is 0 Å². The monoisotopic (exact) mass is 386 g/mol. The molecule has 0 heterocycles. The maximum Gasteiger partial charge on any atom is 0.0684 e. The zero-order chi connectivity index (χ0) is 21.6. The van der Waals surface area contributed by atoms with Gasteiger partial charge in [-0.2, -0.15) is 0 Å². The van der Waals surface area contributed by atoms with Crippen molar-refractivity contribution in [1.29, 1.82) is 0 Å². The van der Waals surface area contributed by atoms with Crippen LogP contribution in [0, 0.1) is 5.92 Å². The van der Waals surface area contributed by atoms with Crippen molar-refractivity contribution in [2.45, 2.75) is 157 Å². The van der Waals surface area contributed by atoms with Gasteiger partial charge in [-0.1, -0.05) is 88.5 Å². The van der Waals surface area contributed by atoms with Crippen molar-refractivity contribution in [2.24, 2.45) is 5.92 Å². The number of rotatable bonds is 14. The van der Waals surface area contributed by atoms with Crippen molar-refractivity contribution >= 4 is 0 Å². The normalized spacial score (nSPS) is 14.7. The Balaban J connectivity index is 0. The van der Waals surface area contributed by atoms with Crippen LogP contribution in [0.25, 0.3) is 0 Å². The van der Waals surface area contributed by atoms with E-state index in [2.05, 4.69) is 69.2 Å². The SMILES string of the molecule is CCCC(CC)(CC)OC(CC)(CC)CCC.CCCC(O)(CC)C(C)C. The molecule has 0 saturated heterocycles. The summed E-state index contributed by atoms with van der Waals surface area (Å²) in [6.45, 7) is 22.0. The smallest absolute Gasteiger partial charge is 0.0684 e. The third-order valence-corrected chi connectivity index (χ3v) is 6.79. The number of hydrogen-bond donors (Lipinski definition) is 1. The summed E-state index contributed by atoms with van der Waals surface area (Å²) < 4.78 is 6.70. The Morgan fingerprint density at radius 2 is 0.926 bits per heavy atom. The first-order valence-electron chi connectivity index (χ1n) is 12.1. The molecule has 0 saturated carbocycles. The number of ether oxygens (including phenoxy) is 1. The zero-order valence-electron chi connectivity index (χ0n) is 20.7. The molecule has 1 unspecified atom stereocenters. The summed E-state index contributed by atoms with van der Waals surface area (Å²) >= 11 is 0. The van der Waals surface area contributed by atoms with E-state index in [-0.39, 0.29) is 11.2 Å². The zero-order valence-corrected chi connectivity index (χ0v) is 20.7. The van der Waals surface area contributed by atoms with Gasteiger partial charge in [0.05, 0.1) is 16.8 Å². The first-order chi connectivity index (χ1) is 12.6. The molecule has 0 fully saturated rings. The molecule has 0 amide bonds. The standard InChI is InChI=1S/C16H34O.C9H20O/c1-7-13-15(9-3,10-4)17-16(11-5,12-6)14-8-2;1-5-7-9(10,6-2)8(3)4/h7-14H2,1-6H3;8,10H,5-7H2,1-4H3. The molecule has 0 rings (SSSR count). The summed E-state index contributed by atoms with van der Waals surface area (Å²) in [5, 5.41) is 9.90. The quantitative estimate of drug-likeness (QED) is 0.325. The lowest BCUT2D eigenvalue weighted by molar-refractivity contribution is -0.172. The summed E-state index contributed by atoms with van der Waals surface area (Å²) in [6, 6.07) is 0. The molecule has 166 valence electrons. The summed E-state index contributed by atoms with van der Waals surface area (Å²) in [7, 11) is 0. The Kier molecular flexibility index (Phi) is 16.0. The number of aliphatic hydroxyl groups is 1. The van der Waals surface area contributed by atoms with Crippen LogP contribution in [0.15, 0.2) is 0 Å². The van der Waals surface area contributed by atoms with Crippen LogP contribution < -0.4 is 0 Å². The predicted molar refractivity (Wildman–Crippen MR) is 123 cm³/mol. The highest BCUT2D eigenvalue weighted by Crippen LogP contribution is 2.37. The molecular formula is C25H54O2. The van der Waals surface area contributed by atoms with E-state index in [4.69, 9.17) is 4.74 Å². The van der Waals surface area contributed by atoms with Crippen LogP contribution >= 0.6 is 0 Å². The van der Waals surface area contributed by atoms with Crippen LogP contribution in [0.3, 0.4) is 0 Å². The third-order valence-electron chi connectivity index (χ3n) is 6.79. The van der Waals surface area contributed by atoms with E-state index >= 15 is 0 Å². The van der Waals surface area contributed by atoms with E-state index in [0.29, 0.717) is 5.92 Å². The minimum absolute atomic E-state index is 0.121. The maximum atomic E-state index is 9.90. The van der Waals surface area contributed by atoms with Gasteiger partial charge in [0.15, 0.2) is 0 Å². The van der Waals surface area contributed by atoms with Gasteiger partial charge >= 0.3 is 0 Å². The molecule has 0 aromatic carbocycles. The lowest BCUT2D eigenvalue weighted by Crippen LogP contribution is -2.43. The molecule has 0 radical (unpaired) electrons. The van der Waals surface area contributed by atoms with Gasteiger partial charge in [-0.05, 0) is 57.3 Å². The third kappa shape index (κ3) is 9.79. The van der Waals surface area contributed by atoms with Crippen molar-refractivity contribution in [3.05, 3.63) is 0 Å². The molecule has 27 heavy (non-hydrogen) atoms. The summed E-state index contributed by atoms with van der Waals surface area (Å²) in [4.78, 5) is 0. The molecule has 2 nitrogen and oxygen atoms in total. The largest absolute Gasteiger partial charge is 0.390 e. The first-order valence-corrected chi connectivity index (χ1v) is 12.1. The topological polar surface area (TPSA) is 29.5 Å². The molecule has 2 heteroatoms. The lowest BCUT2D eigenvalue weighted by Gasteiger charge is -2.43. The van der Waals surface area contributed by atoms with Gasteiger partial charge in [-0.15, -0.1) is 0 Å². The summed E-state index contributed by atoms with van der Waals surface area (Å²) in [5.41, 5.74) is -0.166. The highest BCUT2D eigenvalue weighted by atomic mass is 16.5. The molecule has 0 aliphatic rings. The van der Waals surface area contributed by atoms with Gasteiger partial charge in [0.2, 0.25) is 0 Å². The Labute approximate surface area is 172 Å². The van der Waals surface area contributed by atoms with Crippen molar-refractivity contribution < 1.29 is 9.84 Å². The molecular weight excluding hydrogens is 332 g/mol. The van der Waals surface area contributed by atoms with E-state index in [1.54, 1.807) is 0 Å². The highest BCUT2D eigenvalue weighted by Gasteiger charge is 2.36. The van der Waals surface area contributed by atoms with Crippen LogP contribution in [-0.4, -0.2) is 21.9 Å². The van der Waals surface area contributed by atoms with E-state index < -0.39 is 5.60 Å². The average molecular weight is 387 g/mol. The fraction of sp³-hybridized carbons (Fsp3) is 1.00. The van der Waals surface area contributed by atoms with E-state index in [0.717, 1.165) is 44.9 Å². The van der Waals surface area contributed by atoms with Gasteiger partial charge in [0.25, 0.3) is 0 Å². The number of hydrogen-bond acceptors (Lipinski definition) is 2. The van der Waals surface area contributed by atoms with Gasteiger partial charge in [-0.3, -0.25) is 0 Å². The van der Waals surface area contributed by atoms with Crippen LogP contribution in [-0.2, 0) is 4.74 Å². The maximum absolute atomic E-state index is 9.90. The average Bonchev–Trinajstić information content (AvgIpc) is 2.67. The summed E-state index contributed by atoms with van der Waals surface area (Å²) in [6.07, 6.45) is 12.3. The molecule has 0 aliphatic heterocycles. The second-order valence-corrected chi connectivity index (χ2v) is 8.74. The van der Waals surface area contributed by atoms with Gasteiger partial charge < -0.3 is 9.84 Å². The van der Waals surface area contributed by atoms with E-state index in [1.165, 1.54) is 25.7 Å². The van der Waals surface area contributed by atoms with Crippen molar-refractivity contribution in [1.82, 2.24) is 0 Å². The Morgan fingerprint density at radius 1 is 0.593 bits per heavy atom. The van der Waals surface area contributed by atoms with Crippen molar-refractivity contribution in [3.63, 3.8) is 0 Å². The Bertz CT molecular complexity index is 309. The lowest BCUT2D eigenvalue weighted by atomic mass is 9.84. The second kappa shape index (κ2) is 14.9. The highest BCUT2D eigenvalue weighted by molar-refractivity contribution is 4.86. The molecule has 0 aliphatic carbocycles. The van der Waals surface area contributed by atoms with Crippen LogP contribution in [0.2, 0.25) is 0 Å². The van der Waals surface area contributed by atoms with E-state index in [9.17, 15) is 5.11 Å². The molecule has 1 atom stereocenters. The van der Waals surface area contributed by atoms with Gasteiger partial charge in [0, 0.05) is 0 Å². The van der Waals surface area contributed by atoms with Gasteiger partial charge in [-0.25, -0.2) is 0 Å². The first kappa shape index (κ1) is 29.1.